The SMILES string of the molecule is N#Cc1cccc(C(=O)NCCc2cccc(Br)c2)n1. The predicted molar refractivity (Wildman–Crippen MR) is 79.1 cm³/mol. The average Bonchev–Trinajstić information content (AvgIpc) is 2.47. The molecule has 1 aromatic carbocycles. The molecular weight excluding hydrogens is 318 g/mol. The van der Waals surface area contributed by atoms with E-state index in [2.05, 4.69) is 26.2 Å². The highest BCUT2D eigenvalue weighted by Crippen LogP contribution is 2.11. The number of carbonyl (C=O) groups excluding carboxylic acids is 1. The zero-order chi connectivity index (χ0) is 14.4. The van der Waals surface area contributed by atoms with Crippen LogP contribution in [0.4, 0.5) is 0 Å². The van der Waals surface area contributed by atoms with E-state index in [0.29, 0.717) is 6.54 Å². The topological polar surface area (TPSA) is 65.8 Å². The molecule has 0 aliphatic carbocycles. The molecule has 5 heteroatoms. The Morgan fingerprint density at radius 2 is 2.10 bits per heavy atom. The molecule has 4 nitrogen and oxygen atoms in total. The number of benzene rings is 1. The number of carbonyl (C=O) groups is 1. The summed E-state index contributed by atoms with van der Waals surface area (Å²) in [7, 11) is 0. The first-order valence-corrected chi connectivity index (χ1v) is 6.88. The highest BCUT2D eigenvalue weighted by molar-refractivity contribution is 9.10. The Bertz CT molecular complexity index is 664. The molecule has 0 unspecified atom stereocenters. The normalized spacial score (nSPS) is 9.80. The van der Waals surface area contributed by atoms with Gasteiger partial charge in [-0.1, -0.05) is 34.1 Å². The molecule has 0 spiro atoms. The average molecular weight is 330 g/mol. The summed E-state index contributed by atoms with van der Waals surface area (Å²) in [5.74, 6) is -0.267. The Labute approximate surface area is 125 Å². The fourth-order valence-electron chi connectivity index (χ4n) is 1.73. The van der Waals surface area contributed by atoms with E-state index in [4.69, 9.17) is 5.26 Å². The summed E-state index contributed by atoms with van der Waals surface area (Å²) in [5, 5.41) is 11.5. The van der Waals surface area contributed by atoms with Crippen LogP contribution in [0.3, 0.4) is 0 Å². The van der Waals surface area contributed by atoms with Gasteiger partial charge in [-0.3, -0.25) is 4.79 Å². The first kappa shape index (κ1) is 14.2. The minimum atomic E-state index is -0.267. The van der Waals surface area contributed by atoms with Gasteiger partial charge in [0.1, 0.15) is 17.5 Å². The standard InChI is InChI=1S/C15H12BrN3O/c16-12-4-1-3-11(9-12)7-8-18-15(20)14-6-2-5-13(10-17)19-14/h1-6,9H,7-8H2,(H,18,20). The molecule has 0 saturated carbocycles. The summed E-state index contributed by atoms with van der Waals surface area (Å²) in [5.41, 5.74) is 1.64. The van der Waals surface area contributed by atoms with Crippen LogP contribution in [0.15, 0.2) is 46.9 Å². The molecule has 20 heavy (non-hydrogen) atoms. The Balaban J connectivity index is 1.91. The number of aromatic nitrogens is 1. The maximum Gasteiger partial charge on any atom is 0.269 e. The third-order valence-corrected chi connectivity index (χ3v) is 3.18. The zero-order valence-corrected chi connectivity index (χ0v) is 12.2. The number of pyridine rings is 1. The van der Waals surface area contributed by atoms with Crippen molar-refractivity contribution in [3.8, 4) is 6.07 Å². The number of rotatable bonds is 4. The minimum Gasteiger partial charge on any atom is -0.350 e. The molecule has 0 aliphatic heterocycles. The number of nitriles is 1. The summed E-state index contributed by atoms with van der Waals surface area (Å²) in [6, 6.07) is 14.7. The molecule has 0 bridgehead atoms. The van der Waals surface area contributed by atoms with Crippen molar-refractivity contribution < 1.29 is 4.79 Å². The monoisotopic (exact) mass is 329 g/mol. The van der Waals surface area contributed by atoms with Gasteiger partial charge in [-0.05, 0) is 36.2 Å². The van der Waals surface area contributed by atoms with Gasteiger partial charge in [0.05, 0.1) is 0 Å². The van der Waals surface area contributed by atoms with Crippen LogP contribution in [0, 0.1) is 11.3 Å². The summed E-state index contributed by atoms with van der Waals surface area (Å²) >= 11 is 3.41. The number of amides is 1. The smallest absolute Gasteiger partial charge is 0.269 e. The number of hydrogen-bond acceptors (Lipinski definition) is 3. The van der Waals surface area contributed by atoms with Crippen LogP contribution < -0.4 is 5.32 Å². The Hall–Kier alpha value is -2.19. The lowest BCUT2D eigenvalue weighted by Crippen LogP contribution is -2.26. The number of nitrogens with zero attached hydrogens (tertiary/aromatic N) is 2. The lowest BCUT2D eigenvalue weighted by molar-refractivity contribution is 0.0949. The maximum absolute atomic E-state index is 11.9. The number of hydrogen-bond donors (Lipinski definition) is 1. The van der Waals surface area contributed by atoms with E-state index in [-0.39, 0.29) is 17.3 Å². The van der Waals surface area contributed by atoms with Crippen LogP contribution in [0.5, 0.6) is 0 Å². The molecule has 1 amide bonds. The van der Waals surface area contributed by atoms with E-state index < -0.39 is 0 Å². The van der Waals surface area contributed by atoms with Crippen molar-refractivity contribution in [1.29, 1.82) is 5.26 Å². The van der Waals surface area contributed by atoms with Crippen molar-refractivity contribution in [2.75, 3.05) is 6.54 Å². The summed E-state index contributed by atoms with van der Waals surface area (Å²) in [6.45, 7) is 0.522. The van der Waals surface area contributed by atoms with E-state index in [1.807, 2.05) is 30.3 Å². The second-order valence-electron chi connectivity index (χ2n) is 4.16. The number of nitrogens with one attached hydrogen (secondary N) is 1. The van der Waals surface area contributed by atoms with Gasteiger partial charge in [0.25, 0.3) is 5.91 Å². The van der Waals surface area contributed by atoms with Crippen LogP contribution in [-0.4, -0.2) is 17.4 Å². The van der Waals surface area contributed by atoms with Crippen molar-refractivity contribution in [1.82, 2.24) is 10.3 Å². The van der Waals surface area contributed by atoms with Crippen LogP contribution in [0.1, 0.15) is 21.7 Å². The van der Waals surface area contributed by atoms with Gasteiger partial charge in [0.2, 0.25) is 0 Å². The van der Waals surface area contributed by atoms with Crippen LogP contribution in [0.25, 0.3) is 0 Å². The highest BCUT2D eigenvalue weighted by atomic mass is 79.9. The molecule has 0 fully saturated rings. The number of halogens is 1. The van der Waals surface area contributed by atoms with Crippen molar-refractivity contribution in [2.45, 2.75) is 6.42 Å². The third kappa shape index (κ3) is 3.90. The van der Waals surface area contributed by atoms with E-state index >= 15 is 0 Å². The van der Waals surface area contributed by atoms with Gasteiger partial charge < -0.3 is 5.32 Å². The molecule has 2 aromatic rings. The summed E-state index contributed by atoms with van der Waals surface area (Å²) in [4.78, 5) is 15.8. The summed E-state index contributed by atoms with van der Waals surface area (Å²) in [6.07, 6.45) is 0.739. The third-order valence-electron chi connectivity index (χ3n) is 2.68. The van der Waals surface area contributed by atoms with Crippen LogP contribution >= 0.6 is 15.9 Å². The van der Waals surface area contributed by atoms with Gasteiger partial charge in [-0.15, -0.1) is 0 Å². The molecule has 2 rings (SSSR count). The van der Waals surface area contributed by atoms with Crippen LogP contribution in [0.2, 0.25) is 0 Å². The first-order valence-electron chi connectivity index (χ1n) is 6.09. The van der Waals surface area contributed by atoms with E-state index in [9.17, 15) is 4.79 Å². The van der Waals surface area contributed by atoms with Crippen molar-refractivity contribution >= 4 is 21.8 Å². The Morgan fingerprint density at radius 3 is 2.85 bits per heavy atom. The van der Waals surface area contributed by atoms with Crippen LogP contribution in [-0.2, 0) is 6.42 Å². The molecule has 0 radical (unpaired) electrons. The van der Waals surface area contributed by atoms with E-state index in [1.54, 1.807) is 18.2 Å². The minimum absolute atomic E-state index is 0.240. The Kier molecular flexibility index (Phi) is 4.85. The molecule has 0 atom stereocenters. The highest BCUT2D eigenvalue weighted by Gasteiger charge is 2.07. The molecule has 1 aromatic heterocycles. The van der Waals surface area contributed by atoms with Crippen molar-refractivity contribution in [2.24, 2.45) is 0 Å². The predicted octanol–water partition coefficient (Wildman–Crippen LogP) is 2.69. The largest absolute Gasteiger partial charge is 0.350 e. The molecule has 0 aliphatic rings. The van der Waals surface area contributed by atoms with Gasteiger partial charge in [0, 0.05) is 11.0 Å². The lowest BCUT2D eigenvalue weighted by Gasteiger charge is -2.05. The zero-order valence-electron chi connectivity index (χ0n) is 10.6. The molecule has 1 N–H and O–H groups in total. The van der Waals surface area contributed by atoms with Gasteiger partial charge in [-0.25, -0.2) is 4.98 Å². The maximum atomic E-state index is 11.9. The molecule has 0 saturated heterocycles. The lowest BCUT2D eigenvalue weighted by atomic mass is 10.1. The van der Waals surface area contributed by atoms with E-state index in [0.717, 1.165) is 16.5 Å². The first-order chi connectivity index (χ1) is 9.69. The molecule has 100 valence electrons. The fourth-order valence-corrected chi connectivity index (χ4v) is 2.17. The Morgan fingerprint density at radius 1 is 1.30 bits per heavy atom. The van der Waals surface area contributed by atoms with Crippen molar-refractivity contribution in [3.05, 3.63) is 63.9 Å². The summed E-state index contributed by atoms with van der Waals surface area (Å²) < 4.78 is 1.02. The second-order valence-corrected chi connectivity index (χ2v) is 5.07. The van der Waals surface area contributed by atoms with Crippen molar-refractivity contribution in [3.63, 3.8) is 0 Å². The van der Waals surface area contributed by atoms with Gasteiger partial charge in [-0.2, -0.15) is 5.26 Å². The molecular formula is C15H12BrN3O. The molecule has 1 heterocycles. The van der Waals surface area contributed by atoms with Gasteiger partial charge >= 0.3 is 0 Å². The van der Waals surface area contributed by atoms with Gasteiger partial charge in [0.15, 0.2) is 0 Å². The quantitative estimate of drug-likeness (QED) is 0.937. The second kappa shape index (κ2) is 6.83. The van der Waals surface area contributed by atoms with E-state index in [1.165, 1.54) is 0 Å². The fraction of sp³-hybridized carbons (Fsp3) is 0.133.